The standard InChI is InChI=1S/C44H28O/c1-3-11-29(12-4-1)31-19-21-32(22-20-31)43-36-15-7-9-17-38(36)44(39-18-10-8-16-37(39)43)34-24-26-41-40(27-34)35-25-23-33(28-42(35)45-41)30-13-5-2-6-14-30/h1-28H/i2D,5D,6D,13D,14D,19D,20D,21D,22D. The molecule has 210 valence electrons. The molecule has 0 unspecified atom stereocenters. The molecule has 9 aromatic rings. The van der Waals surface area contributed by atoms with Crippen LogP contribution in [0.4, 0.5) is 0 Å². The van der Waals surface area contributed by atoms with Crippen LogP contribution >= 0.6 is 0 Å². The molecule has 8 aromatic carbocycles. The average molecular weight is 582 g/mol. The molecule has 0 atom stereocenters. The molecule has 1 heteroatoms. The topological polar surface area (TPSA) is 13.1 Å². The third kappa shape index (κ3) is 4.24. The van der Waals surface area contributed by atoms with Gasteiger partial charge in [0.25, 0.3) is 0 Å². The van der Waals surface area contributed by atoms with Gasteiger partial charge < -0.3 is 4.42 Å². The fraction of sp³-hybridized carbons (Fsp3) is 0. The van der Waals surface area contributed by atoms with Gasteiger partial charge in [-0.05, 0) is 90.3 Å². The van der Waals surface area contributed by atoms with E-state index in [0.29, 0.717) is 27.9 Å². The molecule has 0 aliphatic carbocycles. The van der Waals surface area contributed by atoms with Gasteiger partial charge in [-0.25, -0.2) is 0 Å². The fourth-order valence-corrected chi connectivity index (χ4v) is 6.38. The first-order chi connectivity index (χ1) is 26.1. The first-order valence-electron chi connectivity index (χ1n) is 19.2. The Kier molecular flexibility index (Phi) is 4.15. The van der Waals surface area contributed by atoms with Crippen molar-refractivity contribution in [2.75, 3.05) is 0 Å². The molecule has 45 heavy (non-hydrogen) atoms. The lowest BCUT2D eigenvalue weighted by Gasteiger charge is -2.18. The van der Waals surface area contributed by atoms with Gasteiger partial charge in [0.05, 0.1) is 12.3 Å². The number of fused-ring (bicyclic) bond motifs is 5. The maximum Gasteiger partial charge on any atom is 0.136 e. The van der Waals surface area contributed by atoms with Crippen molar-refractivity contribution < 1.29 is 16.8 Å². The van der Waals surface area contributed by atoms with Gasteiger partial charge in [-0.2, -0.15) is 0 Å². The minimum atomic E-state index is -0.442. The molecule has 0 amide bonds. The monoisotopic (exact) mass is 581 g/mol. The number of hydrogen-bond acceptors (Lipinski definition) is 1. The van der Waals surface area contributed by atoms with Gasteiger partial charge in [0, 0.05) is 10.8 Å². The van der Waals surface area contributed by atoms with Gasteiger partial charge >= 0.3 is 0 Å². The third-order valence-corrected chi connectivity index (χ3v) is 8.42. The quantitative estimate of drug-likeness (QED) is 0.188. The van der Waals surface area contributed by atoms with Crippen LogP contribution in [-0.4, -0.2) is 0 Å². The second-order valence-electron chi connectivity index (χ2n) is 11.0. The van der Waals surface area contributed by atoms with Crippen LogP contribution in [0.1, 0.15) is 12.3 Å². The maximum absolute atomic E-state index is 9.25. The highest BCUT2D eigenvalue weighted by molar-refractivity contribution is 6.22. The largest absolute Gasteiger partial charge is 0.456 e. The Morgan fingerprint density at radius 1 is 0.333 bits per heavy atom. The molecule has 0 N–H and O–H groups in total. The van der Waals surface area contributed by atoms with Crippen molar-refractivity contribution in [3.8, 4) is 44.5 Å². The summed E-state index contributed by atoms with van der Waals surface area (Å²) in [5, 5.41) is 4.98. The molecule has 0 aliphatic rings. The molecule has 0 spiro atoms. The van der Waals surface area contributed by atoms with Crippen LogP contribution in [0.5, 0.6) is 0 Å². The van der Waals surface area contributed by atoms with Crippen LogP contribution in [0.3, 0.4) is 0 Å². The molecule has 1 nitrogen and oxygen atoms in total. The lowest BCUT2D eigenvalue weighted by atomic mass is 9.85. The maximum atomic E-state index is 9.25. The molecule has 1 heterocycles. The highest BCUT2D eigenvalue weighted by atomic mass is 16.3. The van der Waals surface area contributed by atoms with Gasteiger partial charge in [0.1, 0.15) is 11.2 Å². The van der Waals surface area contributed by atoms with Gasteiger partial charge in [-0.15, -0.1) is 0 Å². The Morgan fingerprint density at radius 2 is 0.889 bits per heavy atom. The predicted octanol–water partition coefficient (Wildman–Crippen LogP) is 12.6. The van der Waals surface area contributed by atoms with Crippen molar-refractivity contribution >= 4 is 43.5 Å². The molecular weight excluding hydrogens is 544 g/mol. The van der Waals surface area contributed by atoms with Crippen LogP contribution in [0.25, 0.3) is 88.0 Å². The van der Waals surface area contributed by atoms with E-state index in [0.717, 1.165) is 43.4 Å². The van der Waals surface area contributed by atoms with Crippen LogP contribution < -0.4 is 0 Å². The summed E-state index contributed by atoms with van der Waals surface area (Å²) >= 11 is 0. The molecule has 1 aromatic heterocycles. The lowest BCUT2D eigenvalue weighted by molar-refractivity contribution is 0.669. The molecule has 0 saturated heterocycles. The Hall–Kier alpha value is -5.92. The van der Waals surface area contributed by atoms with E-state index in [-0.39, 0.29) is 52.9 Å². The minimum Gasteiger partial charge on any atom is -0.456 e. The van der Waals surface area contributed by atoms with Crippen LogP contribution in [0, 0.1) is 0 Å². The number of benzene rings is 8. The van der Waals surface area contributed by atoms with Crippen molar-refractivity contribution in [3.05, 3.63) is 170 Å². The molecule has 0 aliphatic heterocycles. The molecule has 0 radical (unpaired) electrons. The lowest BCUT2D eigenvalue weighted by Crippen LogP contribution is -1.91. The normalized spacial score (nSPS) is 14.4. The molecular formula is C44H28O. The summed E-state index contributed by atoms with van der Waals surface area (Å²) in [6.07, 6.45) is 0. The first-order valence-corrected chi connectivity index (χ1v) is 14.7. The van der Waals surface area contributed by atoms with E-state index < -0.39 is 18.1 Å². The predicted molar refractivity (Wildman–Crippen MR) is 190 cm³/mol. The number of rotatable bonds is 4. The van der Waals surface area contributed by atoms with E-state index in [1.165, 1.54) is 0 Å². The summed E-state index contributed by atoms with van der Waals surface area (Å²) in [5.41, 5.74) is 5.31. The summed E-state index contributed by atoms with van der Waals surface area (Å²) in [6, 6.07) is 33.8. The molecule has 9 rings (SSSR count). The van der Waals surface area contributed by atoms with E-state index in [1.807, 2.05) is 84.9 Å². The second kappa shape index (κ2) is 10.4. The second-order valence-corrected chi connectivity index (χ2v) is 11.0. The zero-order chi connectivity index (χ0) is 37.6. The van der Waals surface area contributed by atoms with Gasteiger partial charge in [0.2, 0.25) is 0 Å². The Bertz CT molecular complexity index is 2930. The van der Waals surface area contributed by atoms with E-state index in [9.17, 15) is 2.74 Å². The van der Waals surface area contributed by atoms with Gasteiger partial charge in [-0.3, -0.25) is 0 Å². The molecule has 0 fully saturated rings. The Labute approximate surface area is 274 Å². The average Bonchev–Trinajstić information content (AvgIpc) is 3.56. The van der Waals surface area contributed by atoms with Crippen LogP contribution in [0.15, 0.2) is 174 Å². The zero-order valence-corrected chi connectivity index (χ0v) is 23.9. The van der Waals surface area contributed by atoms with Crippen molar-refractivity contribution in [2.24, 2.45) is 0 Å². The third-order valence-electron chi connectivity index (χ3n) is 8.42. The smallest absolute Gasteiger partial charge is 0.136 e. The fourth-order valence-electron chi connectivity index (χ4n) is 6.38. The van der Waals surface area contributed by atoms with Crippen molar-refractivity contribution in [2.45, 2.75) is 0 Å². The number of hydrogen-bond donors (Lipinski definition) is 0. The minimum absolute atomic E-state index is 0.0959. The summed E-state index contributed by atoms with van der Waals surface area (Å²) in [5.74, 6) is 0. The zero-order valence-electron chi connectivity index (χ0n) is 32.9. The van der Waals surface area contributed by atoms with Crippen molar-refractivity contribution in [3.63, 3.8) is 0 Å². The Balaban J connectivity index is 1.27. The van der Waals surface area contributed by atoms with Crippen molar-refractivity contribution in [1.29, 1.82) is 0 Å². The van der Waals surface area contributed by atoms with Gasteiger partial charge in [-0.1, -0.05) is 145 Å². The molecule has 0 bridgehead atoms. The van der Waals surface area contributed by atoms with Crippen molar-refractivity contribution in [1.82, 2.24) is 0 Å². The summed E-state index contributed by atoms with van der Waals surface area (Å²) in [6.45, 7) is 0. The van der Waals surface area contributed by atoms with E-state index in [1.54, 1.807) is 24.3 Å². The van der Waals surface area contributed by atoms with E-state index in [4.69, 9.17) is 14.0 Å². The summed E-state index contributed by atoms with van der Waals surface area (Å²) in [4.78, 5) is 0. The van der Waals surface area contributed by atoms with E-state index in [2.05, 4.69) is 6.07 Å². The van der Waals surface area contributed by atoms with Crippen LogP contribution in [0.2, 0.25) is 0 Å². The highest BCUT2D eigenvalue weighted by Gasteiger charge is 2.18. The van der Waals surface area contributed by atoms with Gasteiger partial charge in [0.15, 0.2) is 0 Å². The molecule has 0 saturated carbocycles. The van der Waals surface area contributed by atoms with Crippen LogP contribution in [-0.2, 0) is 0 Å². The van der Waals surface area contributed by atoms with E-state index >= 15 is 0 Å². The first kappa shape index (κ1) is 18.0. The number of furan rings is 1. The summed E-state index contributed by atoms with van der Waals surface area (Å²) < 4.78 is 84.0. The summed E-state index contributed by atoms with van der Waals surface area (Å²) in [7, 11) is 0. The SMILES string of the molecule is [2H]c1c([2H])c([2H])c(-c2ccc3c(c2)oc2ccc(-c4c5ccccc5c(-c5c([2H])c([2H])c(-c6ccccc6)c([2H])c5[2H])c5ccccc45)cc23)c([2H])c1[2H]. The Morgan fingerprint density at radius 3 is 1.56 bits per heavy atom. The highest BCUT2D eigenvalue weighted by Crippen LogP contribution is 2.45.